The first-order valence-corrected chi connectivity index (χ1v) is 8.51. The van der Waals surface area contributed by atoms with Crippen molar-refractivity contribution in [2.45, 2.75) is 19.0 Å². The van der Waals surface area contributed by atoms with Crippen molar-refractivity contribution in [2.24, 2.45) is 0 Å². The summed E-state index contributed by atoms with van der Waals surface area (Å²) in [4.78, 5) is 13.1. The molecule has 0 aliphatic carbocycles. The van der Waals surface area contributed by atoms with Crippen molar-refractivity contribution in [3.63, 3.8) is 0 Å². The van der Waals surface area contributed by atoms with Gasteiger partial charge in [-0.05, 0) is 43.4 Å². The molecule has 0 unspecified atom stereocenters. The van der Waals surface area contributed by atoms with Crippen LogP contribution in [0.5, 0.6) is 0 Å². The summed E-state index contributed by atoms with van der Waals surface area (Å²) < 4.78 is 23.4. The molecule has 2 aliphatic heterocycles. The molecule has 1 N–H and O–H groups in total. The number of Topliss-reactive ketones (excluding diaryl/α,β-unsaturated/α-hetero) is 1. The lowest BCUT2D eigenvalue weighted by molar-refractivity contribution is 0.101. The Morgan fingerprint density at radius 1 is 1.30 bits per heavy atom. The van der Waals surface area contributed by atoms with E-state index in [4.69, 9.17) is 12.2 Å². The predicted octanol–water partition coefficient (Wildman–Crippen LogP) is 0.749. The van der Waals surface area contributed by atoms with E-state index in [0.29, 0.717) is 10.7 Å². The van der Waals surface area contributed by atoms with Gasteiger partial charge in [-0.25, -0.2) is 8.42 Å². The van der Waals surface area contributed by atoms with Crippen LogP contribution < -0.4 is 10.2 Å². The second kappa shape index (κ2) is 4.53. The number of hydrogen-bond donors (Lipinski definition) is 1. The van der Waals surface area contributed by atoms with Crippen LogP contribution >= 0.6 is 12.2 Å². The molecular weight excluding hydrogens is 296 g/mol. The van der Waals surface area contributed by atoms with Crippen LogP contribution in [0, 0.1) is 0 Å². The van der Waals surface area contributed by atoms with Crippen molar-refractivity contribution >= 4 is 38.6 Å². The lowest BCUT2D eigenvalue weighted by Crippen LogP contribution is -2.36. The maximum Gasteiger partial charge on any atom is 0.174 e. The molecule has 0 saturated carbocycles. The molecule has 2 heterocycles. The van der Waals surface area contributed by atoms with Gasteiger partial charge in [-0.2, -0.15) is 0 Å². The number of nitrogens with one attached hydrogen (secondary N) is 1. The molecule has 2 saturated heterocycles. The number of carbonyl (C=O) groups is 1. The van der Waals surface area contributed by atoms with Gasteiger partial charge in [0.05, 0.1) is 23.6 Å². The molecule has 0 aromatic heterocycles. The molecule has 106 valence electrons. The number of carbonyl (C=O) groups excluding carboxylic acids is 1. The number of anilines is 1. The minimum absolute atomic E-state index is 0.00000541. The van der Waals surface area contributed by atoms with Gasteiger partial charge in [-0.15, -0.1) is 0 Å². The van der Waals surface area contributed by atoms with Crippen molar-refractivity contribution in [1.29, 1.82) is 0 Å². The van der Waals surface area contributed by atoms with Crippen molar-refractivity contribution in [2.75, 3.05) is 16.4 Å². The van der Waals surface area contributed by atoms with E-state index in [9.17, 15) is 13.2 Å². The number of benzene rings is 1. The van der Waals surface area contributed by atoms with Crippen LogP contribution in [0.1, 0.15) is 17.3 Å². The van der Waals surface area contributed by atoms with Crippen LogP contribution in [0.15, 0.2) is 24.3 Å². The number of ketones is 1. The molecule has 20 heavy (non-hydrogen) atoms. The Balaban J connectivity index is 1.93. The number of nitrogens with zero attached hydrogens (tertiary/aromatic N) is 1. The topological polar surface area (TPSA) is 66.5 Å². The summed E-state index contributed by atoms with van der Waals surface area (Å²) in [7, 11) is -3.01. The maximum absolute atomic E-state index is 11.7. The van der Waals surface area contributed by atoms with Crippen molar-refractivity contribution < 1.29 is 13.2 Å². The zero-order valence-electron chi connectivity index (χ0n) is 10.9. The Morgan fingerprint density at radius 2 is 1.95 bits per heavy atom. The highest BCUT2D eigenvalue weighted by molar-refractivity contribution is 7.91. The minimum Gasteiger partial charge on any atom is -0.356 e. The second-order valence-electron chi connectivity index (χ2n) is 5.17. The van der Waals surface area contributed by atoms with Crippen LogP contribution in [0.3, 0.4) is 0 Å². The van der Waals surface area contributed by atoms with Crippen LogP contribution in [0.4, 0.5) is 5.69 Å². The minimum atomic E-state index is -3.01. The van der Waals surface area contributed by atoms with E-state index >= 15 is 0 Å². The van der Waals surface area contributed by atoms with Crippen LogP contribution in [-0.4, -0.2) is 42.9 Å². The molecule has 0 radical (unpaired) electrons. The average molecular weight is 310 g/mol. The molecule has 7 heteroatoms. The fraction of sp³-hybridized carbons (Fsp3) is 0.385. The summed E-state index contributed by atoms with van der Waals surface area (Å²) >= 11 is 5.29. The fourth-order valence-electron chi connectivity index (χ4n) is 2.77. The molecule has 2 fully saturated rings. The van der Waals surface area contributed by atoms with Gasteiger partial charge in [-0.1, -0.05) is 0 Å². The summed E-state index contributed by atoms with van der Waals surface area (Å²) in [6, 6.07) is 6.78. The molecule has 0 spiro atoms. The van der Waals surface area contributed by atoms with Gasteiger partial charge in [0.1, 0.15) is 0 Å². The van der Waals surface area contributed by atoms with E-state index in [1.807, 2.05) is 4.90 Å². The highest BCUT2D eigenvalue weighted by Gasteiger charge is 2.47. The highest BCUT2D eigenvalue weighted by atomic mass is 32.2. The maximum atomic E-state index is 11.7. The molecule has 1 aromatic carbocycles. The lowest BCUT2D eigenvalue weighted by Gasteiger charge is -2.23. The first-order valence-electron chi connectivity index (χ1n) is 6.28. The van der Waals surface area contributed by atoms with E-state index < -0.39 is 9.84 Å². The molecule has 0 amide bonds. The quantitative estimate of drug-likeness (QED) is 0.642. The van der Waals surface area contributed by atoms with Crippen molar-refractivity contribution in [3.05, 3.63) is 29.8 Å². The van der Waals surface area contributed by atoms with Crippen LogP contribution in [0.25, 0.3) is 0 Å². The Hall–Kier alpha value is -1.47. The molecular formula is C13H14N2O3S2. The Kier molecular flexibility index (Phi) is 3.06. The number of thiocarbonyl (C=S) groups is 1. The van der Waals surface area contributed by atoms with Gasteiger partial charge < -0.3 is 10.2 Å². The number of fused-ring (bicyclic) bond motifs is 1. The molecule has 1 aromatic rings. The Bertz CT molecular complexity index is 682. The molecule has 2 atom stereocenters. The molecule has 5 nitrogen and oxygen atoms in total. The summed E-state index contributed by atoms with van der Waals surface area (Å²) in [5.41, 5.74) is 1.44. The predicted molar refractivity (Wildman–Crippen MR) is 80.9 cm³/mol. The van der Waals surface area contributed by atoms with Gasteiger partial charge in [0.2, 0.25) is 0 Å². The first-order chi connectivity index (χ1) is 9.37. The average Bonchev–Trinajstić information content (AvgIpc) is 2.79. The van der Waals surface area contributed by atoms with Crippen LogP contribution in [0.2, 0.25) is 0 Å². The summed E-state index contributed by atoms with van der Waals surface area (Å²) in [6.45, 7) is 1.51. The first kappa shape index (κ1) is 13.5. The van der Waals surface area contributed by atoms with E-state index in [1.165, 1.54) is 6.92 Å². The van der Waals surface area contributed by atoms with E-state index in [-0.39, 0.29) is 29.4 Å². The third-order valence-electron chi connectivity index (χ3n) is 3.73. The monoisotopic (exact) mass is 310 g/mol. The summed E-state index contributed by atoms with van der Waals surface area (Å²) in [6.07, 6.45) is 0. The van der Waals surface area contributed by atoms with Gasteiger partial charge in [0, 0.05) is 11.3 Å². The SMILES string of the molecule is CC(=O)c1ccc(N2C(=S)N[C@H]3CS(=O)(=O)C[C@@H]32)cc1. The smallest absolute Gasteiger partial charge is 0.174 e. The van der Waals surface area contributed by atoms with Gasteiger partial charge in [0.25, 0.3) is 0 Å². The zero-order chi connectivity index (χ0) is 14.5. The molecule has 0 bridgehead atoms. The van der Waals surface area contributed by atoms with Gasteiger partial charge in [0.15, 0.2) is 20.7 Å². The number of hydrogen-bond acceptors (Lipinski definition) is 4. The largest absolute Gasteiger partial charge is 0.356 e. The van der Waals surface area contributed by atoms with E-state index in [0.717, 1.165) is 5.69 Å². The van der Waals surface area contributed by atoms with Crippen molar-refractivity contribution in [3.8, 4) is 0 Å². The van der Waals surface area contributed by atoms with Crippen LogP contribution in [-0.2, 0) is 9.84 Å². The third-order valence-corrected chi connectivity index (χ3v) is 5.76. The molecule has 2 aliphatic rings. The number of rotatable bonds is 2. The standard InChI is InChI=1S/C13H14N2O3S2/c1-8(16)9-2-4-10(5-3-9)15-12-7-20(17,18)6-11(12)14-13(15)19/h2-5,11-12H,6-7H2,1H3,(H,14,19)/t11-,12-/m0/s1. The fourth-order valence-corrected chi connectivity index (χ4v) is 5.05. The molecule has 3 rings (SSSR count). The van der Waals surface area contributed by atoms with Gasteiger partial charge >= 0.3 is 0 Å². The number of sulfone groups is 1. The van der Waals surface area contributed by atoms with E-state index in [1.54, 1.807) is 24.3 Å². The second-order valence-corrected chi connectivity index (χ2v) is 7.71. The van der Waals surface area contributed by atoms with Crippen molar-refractivity contribution in [1.82, 2.24) is 5.32 Å². The Labute approximate surface area is 122 Å². The summed E-state index contributed by atoms with van der Waals surface area (Å²) in [5, 5.41) is 3.62. The zero-order valence-corrected chi connectivity index (χ0v) is 12.5. The van der Waals surface area contributed by atoms with Gasteiger partial charge in [-0.3, -0.25) is 4.79 Å². The lowest BCUT2D eigenvalue weighted by atomic mass is 10.1. The van der Waals surface area contributed by atoms with E-state index in [2.05, 4.69) is 5.32 Å². The third kappa shape index (κ3) is 2.20. The normalized spacial score (nSPS) is 27.2. The Morgan fingerprint density at radius 3 is 2.55 bits per heavy atom. The summed E-state index contributed by atoms with van der Waals surface area (Å²) in [5.74, 6) is 0.235. The highest BCUT2D eigenvalue weighted by Crippen LogP contribution is 2.29.